The minimum absolute atomic E-state index is 0.312. The number of alkyl halides is 3. The first kappa shape index (κ1) is 30.7. The van der Waals surface area contributed by atoms with Gasteiger partial charge in [0.15, 0.2) is 10.6 Å². The average Bonchev–Trinajstić information content (AvgIpc) is 3.60. The van der Waals surface area contributed by atoms with E-state index in [1.807, 2.05) is 41.1 Å². The number of nitrogens with one attached hydrogen (secondary N) is 1. The van der Waals surface area contributed by atoms with E-state index >= 15 is 0 Å². The van der Waals surface area contributed by atoms with Crippen molar-refractivity contribution >= 4 is 17.4 Å². The first-order chi connectivity index (χ1) is 21.0. The number of aromatic nitrogens is 4. The number of carbonyl (C=O) groups excluding carboxylic acids is 1. The average molecular weight is 621 g/mol. The van der Waals surface area contributed by atoms with Crippen LogP contribution in [0.4, 0.5) is 18.0 Å². The fourth-order valence-corrected chi connectivity index (χ4v) is 5.59. The van der Waals surface area contributed by atoms with Crippen LogP contribution < -0.4 is 14.9 Å². The number of urea groups is 1. The van der Waals surface area contributed by atoms with Crippen LogP contribution in [-0.2, 0) is 6.42 Å². The molecule has 0 saturated heterocycles. The second-order valence-electron chi connectivity index (χ2n) is 10.6. The van der Waals surface area contributed by atoms with E-state index in [1.54, 1.807) is 0 Å². The molecule has 228 valence electrons. The van der Waals surface area contributed by atoms with Crippen molar-refractivity contribution in [3.63, 3.8) is 0 Å². The molecule has 0 aliphatic rings. The summed E-state index contributed by atoms with van der Waals surface area (Å²) in [5.41, 5.74) is 6.63. The van der Waals surface area contributed by atoms with Crippen molar-refractivity contribution in [3.05, 3.63) is 106 Å². The molecule has 2 amide bonds. The molecule has 5 aromatic rings. The third kappa shape index (κ3) is 7.43. The summed E-state index contributed by atoms with van der Waals surface area (Å²) in [6, 6.07) is 18.9. The van der Waals surface area contributed by atoms with Gasteiger partial charge in [0.2, 0.25) is 0 Å². The monoisotopic (exact) mass is 620 g/mol. The summed E-state index contributed by atoms with van der Waals surface area (Å²) in [5.74, 6) is 0.452. The largest absolute Gasteiger partial charge is 0.573 e. The normalized spacial score (nSPS) is 12.1. The minimum atomic E-state index is -4.75. The lowest BCUT2D eigenvalue weighted by atomic mass is 9.99. The van der Waals surface area contributed by atoms with Gasteiger partial charge in [-0.05, 0) is 79.3 Å². The van der Waals surface area contributed by atoms with E-state index in [0.717, 1.165) is 28.1 Å². The van der Waals surface area contributed by atoms with Gasteiger partial charge in [-0.1, -0.05) is 44.2 Å². The fraction of sp³-hybridized carbons (Fsp3) is 0.250. The Bertz CT molecular complexity index is 1840. The second-order valence-corrected chi connectivity index (χ2v) is 11.4. The van der Waals surface area contributed by atoms with E-state index in [9.17, 15) is 18.0 Å². The molecule has 44 heavy (non-hydrogen) atoms. The third-order valence-corrected chi connectivity index (χ3v) is 7.77. The summed E-state index contributed by atoms with van der Waals surface area (Å²) < 4.78 is 44.7. The first-order valence-corrected chi connectivity index (χ1v) is 14.8. The maximum Gasteiger partial charge on any atom is 0.573 e. The van der Waals surface area contributed by atoms with Crippen LogP contribution >= 0.6 is 11.3 Å². The molecule has 8 nitrogen and oxygen atoms in total. The van der Waals surface area contributed by atoms with Crippen molar-refractivity contribution in [1.29, 1.82) is 0 Å². The highest BCUT2D eigenvalue weighted by Crippen LogP contribution is 2.26. The van der Waals surface area contributed by atoms with Gasteiger partial charge < -0.3 is 10.1 Å². The summed E-state index contributed by atoms with van der Waals surface area (Å²) >= 11 is 1.43. The van der Waals surface area contributed by atoms with E-state index in [2.05, 4.69) is 64.1 Å². The second kappa shape index (κ2) is 12.9. The summed E-state index contributed by atoms with van der Waals surface area (Å²) in [7, 11) is 0. The summed E-state index contributed by atoms with van der Waals surface area (Å²) in [5, 5.41) is 9.35. The lowest BCUT2D eigenvalue weighted by Crippen LogP contribution is -2.26. The van der Waals surface area contributed by atoms with Crippen LogP contribution in [0.1, 0.15) is 42.1 Å². The highest BCUT2D eigenvalue weighted by Gasteiger charge is 2.31. The van der Waals surface area contributed by atoms with Crippen molar-refractivity contribution in [2.75, 3.05) is 6.54 Å². The van der Waals surface area contributed by atoms with Gasteiger partial charge in [0, 0.05) is 23.2 Å². The zero-order valence-corrected chi connectivity index (χ0v) is 25.4. The first-order valence-electron chi connectivity index (χ1n) is 13.9. The minimum Gasteiger partial charge on any atom is -0.406 e. The Balaban J connectivity index is 1.24. The molecule has 12 heteroatoms. The number of aryl methyl sites for hydroxylation is 2. The van der Waals surface area contributed by atoms with Gasteiger partial charge in [-0.2, -0.15) is 4.99 Å². The Morgan fingerprint density at radius 2 is 1.84 bits per heavy atom. The van der Waals surface area contributed by atoms with Gasteiger partial charge in [-0.15, -0.1) is 29.6 Å². The molecule has 0 fully saturated rings. The standard InChI is InChI=1S/C32H31F3N6O2S/c1-20(2)27-13-8-21(3)16-28(27)41-22(4)18-44-31(41)38-30(42)36-15-14-23-6-5-7-24(17-23)29-37-19-40(39-29)25-9-11-26(12-10-25)43-32(33,34)35/h5-13,16-20H,14-15H2,1-4H3,(H,36,42). The van der Waals surface area contributed by atoms with Crippen LogP contribution in [0.2, 0.25) is 0 Å². The number of thiazole rings is 1. The van der Waals surface area contributed by atoms with Crippen molar-refractivity contribution in [1.82, 2.24) is 24.6 Å². The lowest BCUT2D eigenvalue weighted by Gasteiger charge is -2.16. The Morgan fingerprint density at radius 3 is 2.57 bits per heavy atom. The van der Waals surface area contributed by atoms with Crippen molar-refractivity contribution in [2.45, 2.75) is 46.4 Å². The van der Waals surface area contributed by atoms with Crippen molar-refractivity contribution in [2.24, 2.45) is 4.99 Å². The number of benzene rings is 3. The van der Waals surface area contributed by atoms with Crippen LogP contribution in [0.25, 0.3) is 22.8 Å². The van der Waals surface area contributed by atoms with Gasteiger partial charge in [-0.3, -0.25) is 4.57 Å². The van der Waals surface area contributed by atoms with Crippen LogP contribution in [0.15, 0.2) is 83.4 Å². The molecule has 0 unspecified atom stereocenters. The van der Waals surface area contributed by atoms with Gasteiger partial charge in [-0.25, -0.2) is 14.5 Å². The topological polar surface area (TPSA) is 86.3 Å². The zero-order chi connectivity index (χ0) is 31.4. The molecule has 0 aliphatic heterocycles. The van der Waals surface area contributed by atoms with Crippen LogP contribution in [0.3, 0.4) is 0 Å². The molecule has 0 atom stereocenters. The van der Waals surface area contributed by atoms with Gasteiger partial charge in [0.1, 0.15) is 12.1 Å². The SMILES string of the molecule is Cc1ccc(C(C)C)c(-n2c(C)csc2=NC(=O)NCCc2cccc(-c3ncn(-c4ccc(OC(F)(F)F)cc4)n3)c2)c1. The van der Waals surface area contributed by atoms with Gasteiger partial charge in [0.05, 0.1) is 11.4 Å². The predicted molar refractivity (Wildman–Crippen MR) is 163 cm³/mol. The molecular weight excluding hydrogens is 589 g/mol. The molecule has 2 heterocycles. The van der Waals surface area contributed by atoms with E-state index in [-0.39, 0.29) is 5.75 Å². The highest BCUT2D eigenvalue weighted by atomic mass is 32.1. The van der Waals surface area contributed by atoms with Crippen LogP contribution in [0, 0.1) is 13.8 Å². The third-order valence-electron chi connectivity index (χ3n) is 6.83. The molecule has 2 aromatic heterocycles. The maximum atomic E-state index is 12.8. The van der Waals surface area contributed by atoms with Crippen LogP contribution in [0.5, 0.6) is 5.75 Å². The Kier molecular flexibility index (Phi) is 9.00. The van der Waals surface area contributed by atoms with Crippen molar-refractivity contribution in [3.8, 4) is 28.5 Å². The fourth-order valence-electron chi connectivity index (χ4n) is 4.73. The molecule has 0 aliphatic carbocycles. The Labute approximate surface area is 256 Å². The molecule has 0 spiro atoms. The number of nitrogens with zero attached hydrogens (tertiary/aromatic N) is 5. The smallest absolute Gasteiger partial charge is 0.406 e. The summed E-state index contributed by atoms with van der Waals surface area (Å²) in [6.45, 7) is 8.74. The summed E-state index contributed by atoms with van der Waals surface area (Å²) in [4.78, 5) is 22.2. The molecular formula is C32H31F3N6O2S. The zero-order valence-electron chi connectivity index (χ0n) is 24.6. The number of hydrogen-bond acceptors (Lipinski definition) is 5. The Morgan fingerprint density at radius 1 is 1.07 bits per heavy atom. The maximum absolute atomic E-state index is 12.8. The van der Waals surface area contributed by atoms with E-state index < -0.39 is 12.4 Å². The number of amides is 2. The lowest BCUT2D eigenvalue weighted by molar-refractivity contribution is -0.274. The molecule has 0 saturated carbocycles. The quantitative estimate of drug-likeness (QED) is 0.198. The molecule has 3 aromatic carbocycles. The number of ether oxygens (including phenoxy) is 1. The molecule has 5 rings (SSSR count). The molecule has 1 N–H and O–H groups in total. The number of carbonyl (C=O) groups is 1. The number of hydrogen-bond donors (Lipinski definition) is 1. The summed E-state index contributed by atoms with van der Waals surface area (Å²) in [6.07, 6.45) is -2.70. The number of halogens is 3. The Hall–Kier alpha value is -4.71. The number of rotatable bonds is 8. The highest BCUT2D eigenvalue weighted by molar-refractivity contribution is 7.07. The van der Waals surface area contributed by atoms with Gasteiger partial charge >= 0.3 is 12.4 Å². The molecule has 0 radical (unpaired) electrons. The van der Waals surface area contributed by atoms with E-state index in [1.165, 1.54) is 52.2 Å². The van der Waals surface area contributed by atoms with E-state index in [4.69, 9.17) is 0 Å². The van der Waals surface area contributed by atoms with E-state index in [0.29, 0.717) is 35.2 Å². The molecule has 0 bridgehead atoms. The predicted octanol–water partition coefficient (Wildman–Crippen LogP) is 7.28. The van der Waals surface area contributed by atoms with Crippen molar-refractivity contribution < 1.29 is 22.7 Å². The van der Waals surface area contributed by atoms with Crippen LogP contribution in [-0.4, -0.2) is 38.3 Å². The van der Waals surface area contributed by atoms with Gasteiger partial charge in [0.25, 0.3) is 0 Å².